The quantitative estimate of drug-likeness (QED) is 0.509. The first-order valence-corrected chi connectivity index (χ1v) is 10.3. The summed E-state index contributed by atoms with van der Waals surface area (Å²) in [5.41, 5.74) is -0.109. The predicted molar refractivity (Wildman–Crippen MR) is 117 cm³/mol. The summed E-state index contributed by atoms with van der Waals surface area (Å²) in [6.45, 7) is -1.57. The molecule has 182 valence electrons. The van der Waals surface area contributed by atoms with Crippen LogP contribution in [0.5, 0.6) is 17.2 Å². The summed E-state index contributed by atoms with van der Waals surface area (Å²) < 4.78 is 39.2. The van der Waals surface area contributed by atoms with E-state index in [0.717, 1.165) is 10.5 Å². The normalized spacial score (nSPS) is 17.5. The number of imide groups is 1. The SMILES string of the molecule is COc1ccc([C@@]2(C)NC(=O)N(CC(=O)NCCc3ccc(OC(F)F)cc3)C2=O)cc1OC. The van der Waals surface area contributed by atoms with Crippen molar-refractivity contribution in [3.05, 3.63) is 53.6 Å². The van der Waals surface area contributed by atoms with Crippen LogP contribution in [0.4, 0.5) is 13.6 Å². The fraction of sp³-hybridized carbons (Fsp3) is 0.348. The number of hydrogen-bond donors (Lipinski definition) is 2. The Balaban J connectivity index is 1.58. The maximum Gasteiger partial charge on any atom is 0.387 e. The molecule has 1 atom stereocenters. The van der Waals surface area contributed by atoms with Gasteiger partial charge in [0.2, 0.25) is 5.91 Å². The molecule has 0 bridgehead atoms. The molecule has 2 aromatic carbocycles. The summed E-state index contributed by atoms with van der Waals surface area (Å²) in [7, 11) is 2.94. The van der Waals surface area contributed by atoms with Crippen LogP contribution in [-0.2, 0) is 21.5 Å². The van der Waals surface area contributed by atoms with Crippen LogP contribution in [-0.4, -0.2) is 56.7 Å². The van der Waals surface area contributed by atoms with Gasteiger partial charge in [0, 0.05) is 6.54 Å². The molecule has 34 heavy (non-hydrogen) atoms. The molecule has 1 fully saturated rings. The highest BCUT2D eigenvalue weighted by atomic mass is 19.3. The standard InChI is InChI=1S/C23H25F2N3O6/c1-23(15-6-9-17(32-2)18(12-15)33-3)20(30)28(22(31)27-23)13-19(29)26-11-10-14-4-7-16(8-5-14)34-21(24)25/h4-9,12,21H,10-11,13H2,1-3H3,(H,26,29)(H,27,31)/t23-/m1/s1. The van der Waals surface area contributed by atoms with E-state index in [1.807, 2.05) is 0 Å². The van der Waals surface area contributed by atoms with E-state index in [0.29, 0.717) is 23.5 Å². The summed E-state index contributed by atoms with van der Waals surface area (Å²) in [4.78, 5) is 38.8. The number of carbonyl (C=O) groups excluding carboxylic acids is 3. The third-order valence-electron chi connectivity index (χ3n) is 5.42. The van der Waals surface area contributed by atoms with Crippen LogP contribution in [0, 0.1) is 0 Å². The number of benzene rings is 2. The molecular formula is C23H25F2N3O6. The molecule has 0 unspecified atom stereocenters. The summed E-state index contributed by atoms with van der Waals surface area (Å²) in [5, 5.41) is 5.28. The molecule has 0 spiro atoms. The smallest absolute Gasteiger partial charge is 0.387 e. The first-order valence-electron chi connectivity index (χ1n) is 10.3. The number of urea groups is 1. The minimum atomic E-state index is -2.90. The Kier molecular flexibility index (Phi) is 7.54. The summed E-state index contributed by atoms with van der Waals surface area (Å²) in [5.74, 6) is -0.182. The van der Waals surface area contributed by atoms with Gasteiger partial charge in [0.15, 0.2) is 11.5 Å². The van der Waals surface area contributed by atoms with Crippen molar-refractivity contribution in [1.29, 1.82) is 0 Å². The second kappa shape index (κ2) is 10.4. The van der Waals surface area contributed by atoms with E-state index in [1.165, 1.54) is 26.4 Å². The molecule has 1 aliphatic rings. The Hall–Kier alpha value is -3.89. The fourth-order valence-electron chi connectivity index (χ4n) is 3.57. The molecule has 1 saturated heterocycles. The van der Waals surface area contributed by atoms with Crippen LogP contribution < -0.4 is 24.8 Å². The molecule has 0 aliphatic carbocycles. The lowest BCUT2D eigenvalue weighted by Crippen LogP contribution is -2.43. The van der Waals surface area contributed by atoms with E-state index in [-0.39, 0.29) is 12.3 Å². The molecule has 4 amide bonds. The lowest BCUT2D eigenvalue weighted by molar-refractivity contribution is -0.134. The molecule has 11 heteroatoms. The molecule has 0 radical (unpaired) electrons. The number of halogens is 2. The van der Waals surface area contributed by atoms with Crippen LogP contribution in [0.15, 0.2) is 42.5 Å². The lowest BCUT2D eigenvalue weighted by atomic mass is 9.91. The van der Waals surface area contributed by atoms with Crippen molar-refractivity contribution in [3.63, 3.8) is 0 Å². The number of nitrogens with one attached hydrogen (secondary N) is 2. The van der Waals surface area contributed by atoms with E-state index in [1.54, 1.807) is 37.3 Å². The van der Waals surface area contributed by atoms with Gasteiger partial charge in [0.05, 0.1) is 14.2 Å². The van der Waals surface area contributed by atoms with Crippen molar-refractivity contribution in [3.8, 4) is 17.2 Å². The number of rotatable bonds is 10. The van der Waals surface area contributed by atoms with Crippen molar-refractivity contribution in [1.82, 2.24) is 15.5 Å². The molecule has 2 aromatic rings. The van der Waals surface area contributed by atoms with Gasteiger partial charge in [0.25, 0.3) is 5.91 Å². The Morgan fingerprint density at radius 2 is 1.76 bits per heavy atom. The zero-order valence-corrected chi connectivity index (χ0v) is 18.9. The van der Waals surface area contributed by atoms with Gasteiger partial charge < -0.3 is 24.8 Å². The fourth-order valence-corrected chi connectivity index (χ4v) is 3.57. The van der Waals surface area contributed by atoms with Crippen LogP contribution in [0.2, 0.25) is 0 Å². The second-order valence-electron chi connectivity index (χ2n) is 7.64. The first-order chi connectivity index (χ1) is 16.2. The van der Waals surface area contributed by atoms with Gasteiger partial charge in [-0.1, -0.05) is 18.2 Å². The van der Waals surface area contributed by atoms with Gasteiger partial charge in [0.1, 0.15) is 17.8 Å². The molecule has 0 saturated carbocycles. The van der Waals surface area contributed by atoms with E-state index >= 15 is 0 Å². The van der Waals surface area contributed by atoms with Crippen molar-refractivity contribution in [2.75, 3.05) is 27.3 Å². The number of nitrogens with zero attached hydrogens (tertiary/aromatic N) is 1. The Bertz CT molecular complexity index is 1060. The van der Waals surface area contributed by atoms with E-state index in [2.05, 4.69) is 15.4 Å². The number of hydrogen-bond acceptors (Lipinski definition) is 6. The van der Waals surface area contributed by atoms with E-state index in [9.17, 15) is 23.2 Å². The van der Waals surface area contributed by atoms with Crippen LogP contribution >= 0.6 is 0 Å². The highest BCUT2D eigenvalue weighted by Gasteiger charge is 2.49. The molecule has 3 rings (SSSR count). The topological polar surface area (TPSA) is 106 Å². The van der Waals surface area contributed by atoms with Crippen LogP contribution in [0.25, 0.3) is 0 Å². The minimum absolute atomic E-state index is 0.0406. The zero-order chi connectivity index (χ0) is 24.9. The van der Waals surface area contributed by atoms with Crippen molar-refractivity contribution in [2.24, 2.45) is 0 Å². The van der Waals surface area contributed by atoms with Crippen LogP contribution in [0.3, 0.4) is 0 Å². The van der Waals surface area contributed by atoms with Gasteiger partial charge in [-0.2, -0.15) is 8.78 Å². The summed E-state index contributed by atoms with van der Waals surface area (Å²) in [6.07, 6.45) is 0.421. The third-order valence-corrected chi connectivity index (χ3v) is 5.42. The summed E-state index contributed by atoms with van der Waals surface area (Å²) in [6, 6.07) is 10.2. The second-order valence-corrected chi connectivity index (χ2v) is 7.64. The number of alkyl halides is 2. The predicted octanol–water partition coefficient (Wildman–Crippen LogP) is 2.43. The molecular weight excluding hydrogens is 452 g/mol. The van der Waals surface area contributed by atoms with Gasteiger partial charge in [-0.05, 0) is 48.7 Å². The number of carbonyl (C=O) groups is 3. The maximum atomic E-state index is 13.1. The third kappa shape index (κ3) is 5.36. The highest BCUT2D eigenvalue weighted by Crippen LogP contribution is 2.35. The Morgan fingerprint density at radius 1 is 1.09 bits per heavy atom. The number of amides is 4. The van der Waals surface area contributed by atoms with Gasteiger partial charge in [-0.25, -0.2) is 4.79 Å². The van der Waals surface area contributed by atoms with Crippen molar-refractivity contribution in [2.45, 2.75) is 25.5 Å². The lowest BCUT2D eigenvalue weighted by Gasteiger charge is -2.23. The summed E-state index contributed by atoms with van der Waals surface area (Å²) >= 11 is 0. The molecule has 1 aliphatic heterocycles. The van der Waals surface area contributed by atoms with Gasteiger partial charge in [-0.3, -0.25) is 14.5 Å². The maximum absolute atomic E-state index is 13.1. The largest absolute Gasteiger partial charge is 0.493 e. The molecule has 0 aromatic heterocycles. The van der Waals surface area contributed by atoms with Gasteiger partial charge >= 0.3 is 12.6 Å². The monoisotopic (exact) mass is 477 g/mol. The van der Waals surface area contributed by atoms with Gasteiger partial charge in [-0.15, -0.1) is 0 Å². The Morgan fingerprint density at radius 3 is 2.38 bits per heavy atom. The first kappa shape index (κ1) is 24.7. The Labute approximate surface area is 195 Å². The van der Waals surface area contributed by atoms with Crippen molar-refractivity contribution < 1.29 is 37.4 Å². The van der Waals surface area contributed by atoms with E-state index < -0.39 is 36.5 Å². The average molecular weight is 477 g/mol. The number of ether oxygens (including phenoxy) is 3. The molecule has 9 nitrogen and oxygen atoms in total. The highest BCUT2D eigenvalue weighted by molar-refractivity contribution is 6.09. The molecule has 1 heterocycles. The van der Waals surface area contributed by atoms with Crippen LogP contribution in [0.1, 0.15) is 18.1 Å². The van der Waals surface area contributed by atoms with Crippen molar-refractivity contribution >= 4 is 17.8 Å². The molecule has 2 N–H and O–H groups in total. The minimum Gasteiger partial charge on any atom is -0.493 e. The average Bonchev–Trinajstić information content (AvgIpc) is 3.03. The number of methoxy groups -OCH3 is 2. The van der Waals surface area contributed by atoms with E-state index in [4.69, 9.17) is 9.47 Å². The zero-order valence-electron chi connectivity index (χ0n) is 18.9.